The van der Waals surface area contributed by atoms with Gasteiger partial charge in [0.25, 0.3) is 0 Å². The Morgan fingerprint density at radius 1 is 1.04 bits per heavy atom. The number of fused-ring (bicyclic) bond motifs is 1. The fourth-order valence-electron chi connectivity index (χ4n) is 3.36. The van der Waals surface area contributed by atoms with Gasteiger partial charge in [-0.15, -0.1) is 0 Å². The van der Waals surface area contributed by atoms with Crippen molar-refractivity contribution in [3.05, 3.63) is 51.1 Å². The minimum absolute atomic E-state index is 0.0460. The molecule has 4 nitrogen and oxygen atoms in total. The van der Waals surface area contributed by atoms with Crippen molar-refractivity contribution in [2.45, 2.75) is 41.5 Å². The van der Waals surface area contributed by atoms with Crippen molar-refractivity contribution >= 4 is 28.4 Å². The number of aromatic nitrogens is 3. The average Bonchev–Trinajstić information content (AvgIpc) is 2.70. The van der Waals surface area contributed by atoms with Crippen LogP contribution in [0.4, 0.5) is 0 Å². The van der Waals surface area contributed by atoms with Gasteiger partial charge >= 0.3 is 0 Å². The fourth-order valence-corrected chi connectivity index (χ4v) is 3.68. The van der Waals surface area contributed by atoms with E-state index in [1.165, 1.54) is 0 Å². The monoisotopic (exact) mass is 341 g/mol. The van der Waals surface area contributed by atoms with Gasteiger partial charge in [-0.1, -0.05) is 11.6 Å². The Kier molecular flexibility index (Phi) is 3.96. The zero-order valence-electron chi connectivity index (χ0n) is 14.8. The maximum Gasteiger partial charge on any atom is 0.178 e. The number of nitrogens with zero attached hydrogens (tertiary/aromatic N) is 3. The summed E-state index contributed by atoms with van der Waals surface area (Å²) in [4.78, 5) is 21.1. The number of hydrogen-bond acceptors (Lipinski definition) is 3. The molecule has 124 valence electrons. The number of benzene rings is 1. The smallest absolute Gasteiger partial charge is 0.178 e. The number of hydrogen-bond donors (Lipinski definition) is 0. The third-order valence-corrected chi connectivity index (χ3v) is 4.70. The first-order chi connectivity index (χ1) is 11.2. The SMILES string of the molecule is CC(=O)c1nc(C)nc2c1c(C)c(C)n2-c1c(C)cc(Cl)cc1C. The summed E-state index contributed by atoms with van der Waals surface area (Å²) >= 11 is 6.19. The van der Waals surface area contributed by atoms with E-state index in [2.05, 4.69) is 14.5 Å². The molecule has 0 saturated heterocycles. The lowest BCUT2D eigenvalue weighted by molar-refractivity contribution is 0.101. The fraction of sp³-hybridized carbons (Fsp3) is 0.316. The van der Waals surface area contributed by atoms with E-state index in [0.717, 1.165) is 44.1 Å². The van der Waals surface area contributed by atoms with Crippen LogP contribution in [0.15, 0.2) is 12.1 Å². The van der Waals surface area contributed by atoms with Crippen LogP contribution in [0.1, 0.15) is 45.6 Å². The summed E-state index contributed by atoms with van der Waals surface area (Å²) in [7, 11) is 0. The van der Waals surface area contributed by atoms with Gasteiger partial charge in [-0.3, -0.25) is 9.36 Å². The topological polar surface area (TPSA) is 47.8 Å². The zero-order valence-corrected chi connectivity index (χ0v) is 15.5. The number of Topliss-reactive ketones (excluding diaryl/α,β-unsaturated/α-hetero) is 1. The Morgan fingerprint density at radius 3 is 2.17 bits per heavy atom. The molecule has 24 heavy (non-hydrogen) atoms. The average molecular weight is 342 g/mol. The highest BCUT2D eigenvalue weighted by Gasteiger charge is 2.22. The Morgan fingerprint density at radius 2 is 1.62 bits per heavy atom. The molecule has 0 atom stereocenters. The van der Waals surface area contributed by atoms with Crippen molar-refractivity contribution in [3.63, 3.8) is 0 Å². The van der Waals surface area contributed by atoms with E-state index in [0.29, 0.717) is 11.5 Å². The van der Waals surface area contributed by atoms with Crippen LogP contribution in [-0.2, 0) is 0 Å². The molecular formula is C19H20ClN3O. The number of rotatable bonds is 2. The van der Waals surface area contributed by atoms with Crippen molar-refractivity contribution in [1.82, 2.24) is 14.5 Å². The largest absolute Gasteiger partial charge is 0.298 e. The van der Waals surface area contributed by atoms with E-state index in [9.17, 15) is 4.79 Å². The predicted molar refractivity (Wildman–Crippen MR) is 97.6 cm³/mol. The maximum atomic E-state index is 12.1. The Labute approximate surface area is 146 Å². The van der Waals surface area contributed by atoms with Crippen molar-refractivity contribution in [2.75, 3.05) is 0 Å². The Hall–Kier alpha value is -2.20. The zero-order chi connectivity index (χ0) is 17.8. The van der Waals surface area contributed by atoms with Gasteiger partial charge in [-0.25, -0.2) is 9.97 Å². The van der Waals surface area contributed by atoms with Gasteiger partial charge in [-0.05, 0) is 63.4 Å². The molecule has 0 aliphatic rings. The highest BCUT2D eigenvalue weighted by molar-refractivity contribution is 6.30. The van der Waals surface area contributed by atoms with Crippen LogP contribution in [0.5, 0.6) is 0 Å². The lowest BCUT2D eigenvalue weighted by Gasteiger charge is -2.15. The van der Waals surface area contributed by atoms with Gasteiger partial charge in [0.1, 0.15) is 17.2 Å². The predicted octanol–water partition coefficient (Wildman–Crippen LogP) is 4.82. The standard InChI is InChI=1S/C19H20ClN3O/c1-9-7-15(20)8-10(2)18(9)23-12(4)11(3)16-17(13(5)24)21-14(6)22-19(16)23/h7-8H,1-6H3. The second-order valence-electron chi connectivity index (χ2n) is 6.31. The van der Waals surface area contributed by atoms with E-state index < -0.39 is 0 Å². The van der Waals surface area contributed by atoms with Gasteiger partial charge < -0.3 is 0 Å². The molecule has 0 fully saturated rings. The molecule has 2 aromatic heterocycles. The van der Waals surface area contributed by atoms with Crippen LogP contribution < -0.4 is 0 Å². The number of carbonyl (C=O) groups excluding carboxylic acids is 1. The molecule has 0 unspecified atom stereocenters. The van der Waals surface area contributed by atoms with E-state index in [4.69, 9.17) is 11.6 Å². The molecule has 0 aliphatic carbocycles. The molecule has 3 aromatic rings. The van der Waals surface area contributed by atoms with Gasteiger partial charge in [0.05, 0.1) is 11.1 Å². The molecule has 0 saturated carbocycles. The van der Waals surface area contributed by atoms with Gasteiger partial charge in [0.15, 0.2) is 5.78 Å². The molecule has 0 aliphatic heterocycles. The number of ketones is 1. The summed E-state index contributed by atoms with van der Waals surface area (Å²) in [5.41, 5.74) is 6.55. The highest BCUT2D eigenvalue weighted by Crippen LogP contribution is 2.33. The number of carbonyl (C=O) groups is 1. The lowest BCUT2D eigenvalue weighted by atomic mass is 10.1. The molecule has 0 N–H and O–H groups in total. The van der Waals surface area contributed by atoms with Crippen LogP contribution >= 0.6 is 11.6 Å². The summed E-state index contributed by atoms with van der Waals surface area (Å²) in [6, 6.07) is 3.90. The summed E-state index contributed by atoms with van der Waals surface area (Å²) < 4.78 is 2.12. The van der Waals surface area contributed by atoms with Gasteiger partial charge in [-0.2, -0.15) is 0 Å². The molecule has 0 amide bonds. The molecular weight excluding hydrogens is 322 g/mol. The molecule has 3 rings (SSSR count). The van der Waals surface area contributed by atoms with Gasteiger partial charge in [0.2, 0.25) is 0 Å². The van der Waals surface area contributed by atoms with Crippen LogP contribution in [-0.4, -0.2) is 20.3 Å². The highest BCUT2D eigenvalue weighted by atomic mass is 35.5. The summed E-state index contributed by atoms with van der Waals surface area (Å²) in [6.07, 6.45) is 0. The molecule has 0 bridgehead atoms. The van der Waals surface area contributed by atoms with E-state index in [1.807, 2.05) is 46.8 Å². The lowest BCUT2D eigenvalue weighted by Crippen LogP contribution is -2.06. The van der Waals surface area contributed by atoms with Crippen LogP contribution in [0.25, 0.3) is 16.7 Å². The van der Waals surface area contributed by atoms with Crippen LogP contribution in [0, 0.1) is 34.6 Å². The minimum Gasteiger partial charge on any atom is -0.298 e. The molecule has 5 heteroatoms. The Balaban J connectivity index is 2.52. The maximum absolute atomic E-state index is 12.1. The summed E-state index contributed by atoms with van der Waals surface area (Å²) in [5.74, 6) is 0.547. The van der Waals surface area contributed by atoms with Crippen molar-refractivity contribution < 1.29 is 4.79 Å². The molecule has 1 aromatic carbocycles. The van der Waals surface area contributed by atoms with Gasteiger partial charge in [0, 0.05) is 17.6 Å². The number of halogens is 1. The van der Waals surface area contributed by atoms with E-state index in [1.54, 1.807) is 6.92 Å². The molecule has 2 heterocycles. The Bertz CT molecular complexity index is 979. The van der Waals surface area contributed by atoms with E-state index in [-0.39, 0.29) is 5.78 Å². The summed E-state index contributed by atoms with van der Waals surface area (Å²) in [6.45, 7) is 11.5. The normalized spacial score (nSPS) is 11.3. The summed E-state index contributed by atoms with van der Waals surface area (Å²) in [5, 5.41) is 1.55. The second kappa shape index (κ2) is 5.71. The first-order valence-electron chi connectivity index (χ1n) is 7.86. The minimum atomic E-state index is -0.0460. The third-order valence-electron chi connectivity index (χ3n) is 4.48. The van der Waals surface area contributed by atoms with Crippen molar-refractivity contribution in [2.24, 2.45) is 0 Å². The third kappa shape index (κ3) is 2.42. The quantitative estimate of drug-likeness (QED) is 0.628. The van der Waals surface area contributed by atoms with Crippen molar-refractivity contribution in [3.8, 4) is 5.69 Å². The first-order valence-corrected chi connectivity index (χ1v) is 8.24. The van der Waals surface area contributed by atoms with E-state index >= 15 is 0 Å². The molecule has 0 radical (unpaired) electrons. The second-order valence-corrected chi connectivity index (χ2v) is 6.74. The van der Waals surface area contributed by atoms with Crippen molar-refractivity contribution in [1.29, 1.82) is 0 Å². The van der Waals surface area contributed by atoms with Crippen LogP contribution in [0.3, 0.4) is 0 Å². The molecule has 0 spiro atoms. The number of aryl methyl sites for hydroxylation is 4. The first kappa shape index (κ1) is 16.7. The van der Waals surface area contributed by atoms with Crippen LogP contribution in [0.2, 0.25) is 5.02 Å².